The van der Waals surface area contributed by atoms with Crippen molar-refractivity contribution < 1.29 is 4.79 Å². The molecule has 2 aliphatic heterocycles. The molecule has 2 N–H and O–H groups in total. The highest BCUT2D eigenvalue weighted by atomic mass is 127. The Morgan fingerprint density at radius 1 is 1.03 bits per heavy atom. The van der Waals surface area contributed by atoms with Gasteiger partial charge in [0.05, 0.1) is 0 Å². The maximum atomic E-state index is 12.8. The maximum absolute atomic E-state index is 12.8. The lowest BCUT2D eigenvalue weighted by atomic mass is 9.88. The van der Waals surface area contributed by atoms with Crippen LogP contribution in [-0.4, -0.2) is 73.5 Å². The van der Waals surface area contributed by atoms with Gasteiger partial charge in [-0.3, -0.25) is 9.79 Å². The van der Waals surface area contributed by atoms with Crippen LogP contribution in [0.2, 0.25) is 0 Å². The number of hydrogen-bond acceptors (Lipinski definition) is 3. The molecular formula is C22H42IN5O. The van der Waals surface area contributed by atoms with Crippen molar-refractivity contribution >= 4 is 35.8 Å². The number of amides is 1. The third-order valence-electron chi connectivity index (χ3n) is 6.86. The minimum atomic E-state index is 0. The van der Waals surface area contributed by atoms with Gasteiger partial charge in [-0.15, -0.1) is 24.0 Å². The highest BCUT2D eigenvalue weighted by Crippen LogP contribution is 2.26. The molecule has 2 unspecified atom stereocenters. The molecule has 0 aromatic heterocycles. The second-order valence-electron chi connectivity index (χ2n) is 9.30. The van der Waals surface area contributed by atoms with Crippen LogP contribution in [0.15, 0.2) is 4.99 Å². The summed E-state index contributed by atoms with van der Waals surface area (Å²) in [6, 6.07) is 0.948. The van der Waals surface area contributed by atoms with Crippen molar-refractivity contribution in [1.82, 2.24) is 20.4 Å². The monoisotopic (exact) mass is 519 g/mol. The molecule has 1 aliphatic carbocycles. The molecule has 2 heterocycles. The highest BCUT2D eigenvalue weighted by Gasteiger charge is 2.32. The van der Waals surface area contributed by atoms with Gasteiger partial charge in [-0.1, -0.05) is 19.3 Å². The summed E-state index contributed by atoms with van der Waals surface area (Å²) in [5.41, 5.74) is 0. The van der Waals surface area contributed by atoms with Gasteiger partial charge in [0.2, 0.25) is 5.91 Å². The second-order valence-corrected chi connectivity index (χ2v) is 9.30. The van der Waals surface area contributed by atoms with E-state index in [1.807, 2.05) is 7.05 Å². The highest BCUT2D eigenvalue weighted by molar-refractivity contribution is 14.0. The number of piperidine rings is 1. The fourth-order valence-corrected chi connectivity index (χ4v) is 5.05. The number of nitrogens with one attached hydrogen (secondary N) is 2. The summed E-state index contributed by atoms with van der Waals surface area (Å²) >= 11 is 0. The van der Waals surface area contributed by atoms with Gasteiger partial charge in [0.1, 0.15) is 0 Å². The van der Waals surface area contributed by atoms with E-state index >= 15 is 0 Å². The Balaban J connectivity index is 0.00000300. The number of carbonyl (C=O) groups excluding carboxylic acids is 1. The van der Waals surface area contributed by atoms with Crippen molar-refractivity contribution in [3.05, 3.63) is 0 Å². The smallest absolute Gasteiger partial charge is 0.225 e. The van der Waals surface area contributed by atoms with Crippen LogP contribution < -0.4 is 10.6 Å². The third kappa shape index (κ3) is 7.26. The van der Waals surface area contributed by atoms with Gasteiger partial charge in [-0.25, -0.2) is 0 Å². The SMILES string of the molecule is CN=C(NCC1CCCN(C(C)C)C1)NC1CCN(C(=O)C2CCCCC2)C1.I. The van der Waals surface area contributed by atoms with Crippen LogP contribution in [-0.2, 0) is 4.79 Å². The predicted molar refractivity (Wildman–Crippen MR) is 131 cm³/mol. The summed E-state index contributed by atoms with van der Waals surface area (Å²) in [6.45, 7) is 9.66. The lowest BCUT2D eigenvalue weighted by Crippen LogP contribution is -2.49. The van der Waals surface area contributed by atoms with Crippen LogP contribution in [0.25, 0.3) is 0 Å². The van der Waals surface area contributed by atoms with Gasteiger partial charge in [0, 0.05) is 51.2 Å². The number of carbonyl (C=O) groups is 1. The van der Waals surface area contributed by atoms with E-state index in [4.69, 9.17) is 0 Å². The lowest BCUT2D eigenvalue weighted by molar-refractivity contribution is -0.135. The second kappa shape index (κ2) is 12.3. The lowest BCUT2D eigenvalue weighted by Gasteiger charge is -2.35. The van der Waals surface area contributed by atoms with Crippen LogP contribution >= 0.6 is 24.0 Å². The first-order valence-corrected chi connectivity index (χ1v) is 11.6. The summed E-state index contributed by atoms with van der Waals surface area (Å²) in [4.78, 5) is 21.9. The van der Waals surface area contributed by atoms with Gasteiger partial charge >= 0.3 is 0 Å². The predicted octanol–water partition coefficient (Wildman–Crippen LogP) is 3.07. The molecule has 0 aromatic rings. The quantitative estimate of drug-likeness (QED) is 0.333. The molecule has 3 rings (SSSR count). The van der Waals surface area contributed by atoms with Crippen LogP contribution in [0, 0.1) is 11.8 Å². The van der Waals surface area contributed by atoms with Crippen LogP contribution in [0.3, 0.4) is 0 Å². The van der Waals surface area contributed by atoms with Crippen molar-refractivity contribution in [2.24, 2.45) is 16.8 Å². The zero-order valence-electron chi connectivity index (χ0n) is 18.7. The van der Waals surface area contributed by atoms with Crippen molar-refractivity contribution in [3.63, 3.8) is 0 Å². The Morgan fingerprint density at radius 3 is 2.48 bits per heavy atom. The fourth-order valence-electron chi connectivity index (χ4n) is 5.05. The van der Waals surface area contributed by atoms with E-state index in [1.165, 1.54) is 45.2 Å². The standard InChI is InChI=1S/C22H41N5O.HI/c1-17(2)26-12-7-8-18(15-26)14-24-22(23-3)25-20-11-13-27(16-20)21(28)19-9-5-4-6-10-19;/h17-20H,4-16H2,1-3H3,(H2,23,24,25);1H. The molecule has 0 aromatic carbocycles. The molecule has 7 heteroatoms. The van der Waals surface area contributed by atoms with E-state index in [2.05, 4.69) is 39.3 Å². The van der Waals surface area contributed by atoms with E-state index in [-0.39, 0.29) is 29.9 Å². The van der Waals surface area contributed by atoms with Gasteiger partial charge < -0.3 is 20.4 Å². The first kappa shape index (κ1) is 24.7. The molecule has 2 saturated heterocycles. The Labute approximate surface area is 194 Å². The molecule has 29 heavy (non-hydrogen) atoms. The summed E-state index contributed by atoms with van der Waals surface area (Å²) in [7, 11) is 1.84. The van der Waals surface area contributed by atoms with E-state index in [0.717, 1.165) is 44.9 Å². The van der Waals surface area contributed by atoms with Crippen molar-refractivity contribution in [3.8, 4) is 0 Å². The number of halogens is 1. The first-order valence-electron chi connectivity index (χ1n) is 11.6. The average Bonchev–Trinajstić information content (AvgIpc) is 3.20. The normalized spacial score (nSPS) is 27.0. The molecule has 1 saturated carbocycles. The van der Waals surface area contributed by atoms with Gasteiger partial charge in [0.25, 0.3) is 0 Å². The number of nitrogens with zero attached hydrogens (tertiary/aromatic N) is 3. The molecule has 3 aliphatic rings. The summed E-state index contributed by atoms with van der Waals surface area (Å²) in [6.07, 6.45) is 9.51. The molecule has 6 nitrogen and oxygen atoms in total. The largest absolute Gasteiger partial charge is 0.356 e. The fraction of sp³-hybridized carbons (Fsp3) is 0.909. The van der Waals surface area contributed by atoms with Crippen molar-refractivity contribution in [2.75, 3.05) is 39.8 Å². The first-order chi connectivity index (χ1) is 13.6. The molecule has 0 bridgehead atoms. The van der Waals surface area contributed by atoms with Crippen LogP contribution in [0.1, 0.15) is 65.2 Å². The van der Waals surface area contributed by atoms with Crippen LogP contribution in [0.4, 0.5) is 0 Å². The Hall–Kier alpha value is -0.570. The number of aliphatic imine (C=N–C) groups is 1. The van der Waals surface area contributed by atoms with E-state index in [0.29, 0.717) is 23.9 Å². The molecular weight excluding hydrogens is 477 g/mol. The molecule has 3 fully saturated rings. The van der Waals surface area contributed by atoms with Gasteiger partial charge in [-0.05, 0) is 58.4 Å². The minimum absolute atomic E-state index is 0. The molecule has 0 radical (unpaired) electrons. The number of rotatable bonds is 5. The molecule has 2 atom stereocenters. The van der Waals surface area contributed by atoms with E-state index in [9.17, 15) is 4.79 Å². The summed E-state index contributed by atoms with van der Waals surface area (Å²) in [5, 5.41) is 7.10. The minimum Gasteiger partial charge on any atom is -0.356 e. The topological polar surface area (TPSA) is 60.0 Å². The number of likely N-dealkylation sites (tertiary alicyclic amines) is 2. The third-order valence-corrected chi connectivity index (χ3v) is 6.86. The zero-order valence-corrected chi connectivity index (χ0v) is 21.0. The molecule has 1 amide bonds. The Morgan fingerprint density at radius 2 is 1.79 bits per heavy atom. The summed E-state index contributed by atoms with van der Waals surface area (Å²) < 4.78 is 0. The van der Waals surface area contributed by atoms with Gasteiger partial charge in [0.15, 0.2) is 5.96 Å². The van der Waals surface area contributed by atoms with Crippen molar-refractivity contribution in [2.45, 2.75) is 77.3 Å². The maximum Gasteiger partial charge on any atom is 0.225 e. The average molecular weight is 520 g/mol. The molecule has 0 spiro atoms. The van der Waals surface area contributed by atoms with Gasteiger partial charge in [-0.2, -0.15) is 0 Å². The molecule has 168 valence electrons. The number of hydrogen-bond donors (Lipinski definition) is 2. The van der Waals surface area contributed by atoms with E-state index in [1.54, 1.807) is 0 Å². The Kier molecular flexibility index (Phi) is 10.5. The van der Waals surface area contributed by atoms with E-state index < -0.39 is 0 Å². The Bertz CT molecular complexity index is 535. The van der Waals surface area contributed by atoms with Crippen LogP contribution in [0.5, 0.6) is 0 Å². The summed E-state index contributed by atoms with van der Waals surface area (Å²) in [5.74, 6) is 2.24. The zero-order chi connectivity index (χ0) is 19.9. The number of guanidine groups is 1. The van der Waals surface area contributed by atoms with Crippen molar-refractivity contribution in [1.29, 1.82) is 0 Å².